The molecule has 0 radical (unpaired) electrons. The van der Waals surface area contributed by atoms with E-state index in [1.54, 1.807) is 24.2 Å². The van der Waals surface area contributed by atoms with Crippen molar-refractivity contribution in [3.05, 3.63) is 104 Å². The van der Waals surface area contributed by atoms with E-state index in [4.69, 9.17) is 26.5 Å². The first-order valence-electron chi connectivity index (χ1n) is 10.9. The highest BCUT2D eigenvalue weighted by atomic mass is 79.9. The van der Waals surface area contributed by atoms with Crippen LogP contribution in [0.5, 0.6) is 11.5 Å². The molecule has 0 atom stereocenters. The molecule has 0 saturated heterocycles. The first-order valence-corrected chi connectivity index (χ1v) is 12.9. The Hall–Kier alpha value is -3.33. The van der Waals surface area contributed by atoms with Gasteiger partial charge in [-0.1, -0.05) is 71.9 Å². The number of aliphatic imine (C=N–C) groups is 1. The number of amidine groups is 2. The zero-order valence-corrected chi connectivity index (χ0v) is 22.2. The van der Waals surface area contributed by atoms with E-state index in [9.17, 15) is 4.79 Å². The van der Waals surface area contributed by atoms with Gasteiger partial charge in [0.25, 0.3) is 5.91 Å². The second kappa shape index (κ2) is 10.3. The molecule has 0 fully saturated rings. The number of amides is 1. The summed E-state index contributed by atoms with van der Waals surface area (Å²) in [5, 5.41) is 11.8. The Morgan fingerprint density at radius 1 is 1.14 bits per heavy atom. The highest BCUT2D eigenvalue weighted by Crippen LogP contribution is 2.40. The van der Waals surface area contributed by atoms with E-state index in [1.165, 1.54) is 11.8 Å². The fourth-order valence-corrected chi connectivity index (χ4v) is 5.46. The predicted molar refractivity (Wildman–Crippen MR) is 148 cm³/mol. The van der Waals surface area contributed by atoms with Crippen LogP contribution < -0.4 is 9.47 Å². The Labute approximate surface area is 225 Å². The van der Waals surface area contributed by atoms with Gasteiger partial charge in [-0.05, 0) is 51.3 Å². The molecule has 0 spiro atoms. The summed E-state index contributed by atoms with van der Waals surface area (Å²) in [5.74, 6) is 0.592. The summed E-state index contributed by atoms with van der Waals surface area (Å²) in [4.78, 5) is 18.8. The standard InChI is InChI=1S/C27H19BrClN3O3S/c1-34-23-13-16(12-20(28)24(23)35-14-18-9-5-6-10-21(18)29)11-19-25(30)32-22(17-7-3-2-4-8-17)15-36-27(32)31-26(19)33/h2-13,15,30H,14H2,1H3/b19-11-,30-25?. The largest absolute Gasteiger partial charge is 0.493 e. The van der Waals surface area contributed by atoms with Crippen molar-refractivity contribution in [3.8, 4) is 11.5 Å². The second-order valence-electron chi connectivity index (χ2n) is 7.84. The third-order valence-corrected chi connectivity index (χ3v) is 7.36. The van der Waals surface area contributed by atoms with Crippen LogP contribution in [0, 0.1) is 5.41 Å². The van der Waals surface area contributed by atoms with Crippen molar-refractivity contribution in [2.24, 2.45) is 4.99 Å². The zero-order chi connectivity index (χ0) is 25.2. The quantitative estimate of drug-likeness (QED) is 0.318. The van der Waals surface area contributed by atoms with Crippen LogP contribution in [0.15, 0.2) is 87.2 Å². The highest BCUT2D eigenvalue weighted by molar-refractivity contribution is 9.10. The van der Waals surface area contributed by atoms with Gasteiger partial charge in [0.2, 0.25) is 0 Å². The van der Waals surface area contributed by atoms with Gasteiger partial charge in [-0.2, -0.15) is 4.99 Å². The number of hydrogen-bond donors (Lipinski definition) is 1. The molecule has 3 aromatic carbocycles. The van der Waals surface area contributed by atoms with Crippen LogP contribution in [0.3, 0.4) is 0 Å². The first kappa shape index (κ1) is 24.4. The normalized spacial score (nSPS) is 16.1. The maximum Gasteiger partial charge on any atom is 0.283 e. The summed E-state index contributed by atoms with van der Waals surface area (Å²) in [6, 6.07) is 20.8. The molecule has 0 unspecified atom stereocenters. The average Bonchev–Trinajstić information content (AvgIpc) is 3.31. The van der Waals surface area contributed by atoms with Crippen molar-refractivity contribution in [3.63, 3.8) is 0 Å². The van der Waals surface area contributed by atoms with Crippen LogP contribution in [-0.2, 0) is 11.4 Å². The summed E-state index contributed by atoms with van der Waals surface area (Å²) in [6.07, 6.45) is 1.64. The van der Waals surface area contributed by atoms with Crippen LogP contribution in [0.1, 0.15) is 16.7 Å². The molecule has 0 bridgehead atoms. The van der Waals surface area contributed by atoms with Gasteiger partial charge in [0, 0.05) is 16.0 Å². The number of methoxy groups -OCH3 is 1. The van der Waals surface area contributed by atoms with Gasteiger partial charge in [0.1, 0.15) is 12.4 Å². The number of hydrogen-bond acceptors (Lipinski definition) is 5. The van der Waals surface area contributed by atoms with Gasteiger partial charge in [0.15, 0.2) is 16.7 Å². The van der Waals surface area contributed by atoms with Gasteiger partial charge in [0.05, 0.1) is 22.9 Å². The zero-order valence-electron chi connectivity index (χ0n) is 19.0. The Balaban J connectivity index is 1.45. The first-order chi connectivity index (χ1) is 17.5. The van der Waals surface area contributed by atoms with Gasteiger partial charge < -0.3 is 9.47 Å². The van der Waals surface area contributed by atoms with Gasteiger partial charge in [-0.3, -0.25) is 15.1 Å². The van der Waals surface area contributed by atoms with E-state index in [2.05, 4.69) is 20.9 Å². The highest BCUT2D eigenvalue weighted by Gasteiger charge is 2.36. The molecule has 0 aliphatic carbocycles. The number of benzene rings is 3. The van der Waals surface area contributed by atoms with E-state index in [1.807, 2.05) is 66.1 Å². The van der Waals surface area contributed by atoms with Gasteiger partial charge >= 0.3 is 0 Å². The van der Waals surface area contributed by atoms with Crippen LogP contribution in [0.4, 0.5) is 0 Å². The maximum atomic E-state index is 12.9. The minimum Gasteiger partial charge on any atom is -0.493 e. The Morgan fingerprint density at radius 3 is 2.64 bits per heavy atom. The SMILES string of the molecule is COc1cc(/C=C2/C(=N)N3C(c4ccccc4)=CSC3=NC2=O)cc(Br)c1OCc1ccccc1Cl. The van der Waals surface area contributed by atoms with Crippen molar-refractivity contribution >= 4 is 68.0 Å². The number of thioether (sulfide) groups is 1. The molecule has 0 saturated carbocycles. The van der Waals surface area contributed by atoms with Gasteiger partial charge in [-0.15, -0.1) is 0 Å². The van der Waals surface area contributed by atoms with E-state index < -0.39 is 5.91 Å². The number of ether oxygens (including phenoxy) is 2. The van der Waals surface area contributed by atoms with Crippen LogP contribution >= 0.6 is 39.3 Å². The number of nitrogens with one attached hydrogen (secondary N) is 1. The van der Waals surface area contributed by atoms with Gasteiger partial charge in [-0.25, -0.2) is 0 Å². The lowest BCUT2D eigenvalue weighted by Gasteiger charge is -2.27. The maximum absolute atomic E-state index is 12.9. The van der Waals surface area contributed by atoms with Crippen molar-refractivity contribution in [2.75, 3.05) is 7.11 Å². The number of halogens is 2. The molecule has 180 valence electrons. The molecule has 0 aromatic heterocycles. The Morgan fingerprint density at radius 2 is 1.89 bits per heavy atom. The number of nitrogens with zero attached hydrogens (tertiary/aromatic N) is 2. The Bertz CT molecular complexity index is 1470. The van der Waals surface area contributed by atoms with Crippen LogP contribution in [-0.4, -0.2) is 28.9 Å². The summed E-state index contributed by atoms with van der Waals surface area (Å²) in [6.45, 7) is 0.261. The summed E-state index contributed by atoms with van der Waals surface area (Å²) in [7, 11) is 1.55. The molecular formula is C27H19BrClN3O3S. The molecule has 2 heterocycles. The third-order valence-electron chi connectivity index (χ3n) is 5.58. The summed E-state index contributed by atoms with van der Waals surface area (Å²) >= 11 is 11.1. The van der Waals surface area contributed by atoms with E-state index in [0.29, 0.717) is 31.7 Å². The molecule has 36 heavy (non-hydrogen) atoms. The lowest BCUT2D eigenvalue weighted by Crippen LogP contribution is -2.38. The summed E-state index contributed by atoms with van der Waals surface area (Å²) in [5.41, 5.74) is 3.44. The lowest BCUT2D eigenvalue weighted by atomic mass is 10.1. The Kier molecular flexibility index (Phi) is 7.00. The second-order valence-corrected chi connectivity index (χ2v) is 9.94. The predicted octanol–water partition coefficient (Wildman–Crippen LogP) is 6.99. The average molecular weight is 581 g/mol. The fourth-order valence-electron chi connectivity index (χ4n) is 3.81. The van der Waals surface area contributed by atoms with Crippen molar-refractivity contribution < 1.29 is 14.3 Å². The van der Waals surface area contributed by atoms with Crippen molar-refractivity contribution in [1.82, 2.24) is 4.90 Å². The topological polar surface area (TPSA) is 75.0 Å². The molecular weight excluding hydrogens is 562 g/mol. The summed E-state index contributed by atoms with van der Waals surface area (Å²) < 4.78 is 12.2. The molecule has 2 aliphatic rings. The molecule has 2 aliphatic heterocycles. The minimum absolute atomic E-state index is 0.0687. The van der Waals surface area contributed by atoms with E-state index >= 15 is 0 Å². The van der Waals surface area contributed by atoms with Crippen LogP contribution in [0.25, 0.3) is 11.8 Å². The molecule has 6 nitrogen and oxygen atoms in total. The fraction of sp³-hybridized carbons (Fsp3) is 0.0741. The monoisotopic (exact) mass is 579 g/mol. The van der Waals surface area contributed by atoms with E-state index in [0.717, 1.165) is 16.8 Å². The van der Waals surface area contributed by atoms with Crippen molar-refractivity contribution in [1.29, 1.82) is 5.41 Å². The number of carbonyl (C=O) groups is 1. The number of fused-ring (bicyclic) bond motifs is 1. The lowest BCUT2D eigenvalue weighted by molar-refractivity contribution is -0.114. The molecule has 1 amide bonds. The van der Waals surface area contributed by atoms with Crippen molar-refractivity contribution in [2.45, 2.75) is 6.61 Å². The molecule has 5 rings (SSSR count). The third kappa shape index (κ3) is 4.72. The number of carbonyl (C=O) groups excluding carboxylic acids is 1. The molecule has 3 aromatic rings. The molecule has 9 heteroatoms. The molecule has 1 N–H and O–H groups in total. The number of rotatable bonds is 6. The van der Waals surface area contributed by atoms with Crippen LogP contribution in [0.2, 0.25) is 5.02 Å². The van der Waals surface area contributed by atoms with E-state index in [-0.39, 0.29) is 18.0 Å². The smallest absolute Gasteiger partial charge is 0.283 e. The minimum atomic E-state index is -0.462.